The van der Waals surface area contributed by atoms with E-state index < -0.39 is 15.8 Å². The summed E-state index contributed by atoms with van der Waals surface area (Å²) in [6, 6.07) is 22.1. The van der Waals surface area contributed by atoms with E-state index in [1.165, 1.54) is 12.1 Å². The second-order valence-corrected chi connectivity index (χ2v) is 9.68. The number of allylic oxidation sites excluding steroid dienone is 1. The molecule has 4 aromatic rings. The first-order valence-electron chi connectivity index (χ1n) is 10.1. The van der Waals surface area contributed by atoms with Gasteiger partial charge in [-0.05, 0) is 48.0 Å². The Morgan fingerprint density at radius 2 is 1.70 bits per heavy atom. The van der Waals surface area contributed by atoms with Crippen LogP contribution in [-0.2, 0) is 15.6 Å². The molecule has 0 atom stereocenters. The number of furan rings is 1. The quantitative estimate of drug-likeness (QED) is 0.165. The first-order valence-corrected chi connectivity index (χ1v) is 12.1. The third kappa shape index (κ3) is 5.64. The van der Waals surface area contributed by atoms with Gasteiger partial charge in [0, 0.05) is 17.2 Å². The Kier molecular flexibility index (Phi) is 6.24. The molecule has 6 nitrogen and oxygen atoms in total. The molecule has 1 heterocycles. The molecule has 4 rings (SSSR count). The zero-order valence-corrected chi connectivity index (χ0v) is 18.5. The number of benzene rings is 3. The van der Waals surface area contributed by atoms with Crippen molar-refractivity contribution in [3.63, 3.8) is 0 Å². The summed E-state index contributed by atoms with van der Waals surface area (Å²) >= 11 is 0. The van der Waals surface area contributed by atoms with E-state index in [-0.39, 0.29) is 28.6 Å². The summed E-state index contributed by atoms with van der Waals surface area (Å²) in [5.74, 6) is -0.637. The minimum Gasteiger partial charge on any atom is -0.453 e. The second-order valence-electron chi connectivity index (χ2n) is 7.54. The predicted octanol–water partition coefficient (Wildman–Crippen LogP) is 5.09. The van der Waals surface area contributed by atoms with E-state index in [9.17, 15) is 18.0 Å². The summed E-state index contributed by atoms with van der Waals surface area (Å²) < 4.78 is 34.2. The lowest BCUT2D eigenvalue weighted by Crippen LogP contribution is -2.10. The fourth-order valence-electron chi connectivity index (χ4n) is 3.31. The van der Waals surface area contributed by atoms with Crippen LogP contribution in [0.25, 0.3) is 17.0 Å². The van der Waals surface area contributed by atoms with Gasteiger partial charge in [0.05, 0.1) is 11.3 Å². The molecule has 0 aliphatic heterocycles. The minimum absolute atomic E-state index is 0.169. The van der Waals surface area contributed by atoms with E-state index >= 15 is 0 Å². The van der Waals surface area contributed by atoms with Gasteiger partial charge in [-0.2, -0.15) is 0 Å². The van der Waals surface area contributed by atoms with Gasteiger partial charge in [-0.25, -0.2) is 13.2 Å². The highest BCUT2D eigenvalue weighted by Crippen LogP contribution is 2.23. The molecule has 1 aromatic heterocycles. The summed E-state index contributed by atoms with van der Waals surface area (Å²) in [5.41, 5.74) is 1.88. The van der Waals surface area contributed by atoms with Crippen LogP contribution in [0.15, 0.2) is 89.4 Å². The summed E-state index contributed by atoms with van der Waals surface area (Å²) in [4.78, 5) is 25.2. The SMILES string of the molecule is CS(=O)(=O)Cc1cccc(C(=O)Oc2ccccc2C=CC(=O)c2cc3ccccc3o2)c1. The molecule has 0 unspecified atom stereocenters. The third-order valence-electron chi connectivity index (χ3n) is 4.80. The number of ether oxygens (including phenoxy) is 1. The van der Waals surface area contributed by atoms with Gasteiger partial charge >= 0.3 is 5.97 Å². The van der Waals surface area contributed by atoms with Crippen LogP contribution >= 0.6 is 0 Å². The zero-order chi connectivity index (χ0) is 23.4. The number of carbonyl (C=O) groups excluding carboxylic acids is 2. The van der Waals surface area contributed by atoms with Crippen LogP contribution in [0.3, 0.4) is 0 Å². The van der Waals surface area contributed by atoms with Gasteiger partial charge in [-0.15, -0.1) is 0 Å². The van der Waals surface area contributed by atoms with E-state index in [1.807, 2.05) is 18.2 Å². The van der Waals surface area contributed by atoms with Crippen molar-refractivity contribution in [2.45, 2.75) is 5.75 Å². The molecule has 0 N–H and O–H groups in total. The summed E-state index contributed by atoms with van der Waals surface area (Å²) in [5, 5.41) is 0.835. The fraction of sp³-hybridized carbons (Fsp3) is 0.0769. The maximum atomic E-state index is 12.7. The molecule has 0 amide bonds. The monoisotopic (exact) mass is 460 g/mol. The van der Waals surface area contributed by atoms with Crippen molar-refractivity contribution in [3.05, 3.63) is 107 Å². The Labute approximate surface area is 191 Å². The first-order chi connectivity index (χ1) is 15.8. The van der Waals surface area contributed by atoms with Crippen LogP contribution in [0.4, 0.5) is 0 Å². The number of carbonyl (C=O) groups is 2. The largest absolute Gasteiger partial charge is 0.453 e. The Morgan fingerprint density at radius 3 is 2.48 bits per heavy atom. The normalized spacial score (nSPS) is 11.7. The van der Waals surface area contributed by atoms with Crippen molar-refractivity contribution in [2.24, 2.45) is 0 Å². The third-order valence-corrected chi connectivity index (χ3v) is 5.65. The second kappa shape index (κ2) is 9.26. The van der Waals surface area contributed by atoms with Crippen LogP contribution < -0.4 is 4.74 Å². The average Bonchev–Trinajstić information content (AvgIpc) is 3.22. The van der Waals surface area contributed by atoms with Gasteiger partial charge in [0.25, 0.3) is 0 Å². The van der Waals surface area contributed by atoms with Crippen molar-refractivity contribution in [3.8, 4) is 5.75 Å². The Bertz CT molecular complexity index is 1440. The molecule has 166 valence electrons. The maximum Gasteiger partial charge on any atom is 0.343 e. The molecule has 0 aliphatic rings. The molecule has 0 bridgehead atoms. The van der Waals surface area contributed by atoms with Gasteiger partial charge in [0.1, 0.15) is 11.3 Å². The molecular formula is C26H20O6S. The highest BCUT2D eigenvalue weighted by atomic mass is 32.2. The van der Waals surface area contributed by atoms with Gasteiger partial charge in [0.2, 0.25) is 5.78 Å². The molecule has 0 aliphatic carbocycles. The zero-order valence-electron chi connectivity index (χ0n) is 17.7. The molecular weight excluding hydrogens is 440 g/mol. The lowest BCUT2D eigenvalue weighted by molar-refractivity contribution is 0.0734. The smallest absolute Gasteiger partial charge is 0.343 e. The van der Waals surface area contributed by atoms with Crippen molar-refractivity contribution in [1.29, 1.82) is 0 Å². The molecule has 0 radical (unpaired) electrons. The van der Waals surface area contributed by atoms with Crippen LogP contribution in [-0.4, -0.2) is 26.4 Å². The maximum absolute atomic E-state index is 12.7. The predicted molar refractivity (Wildman–Crippen MR) is 126 cm³/mol. The van der Waals surface area contributed by atoms with Crippen LogP contribution in [0.2, 0.25) is 0 Å². The molecule has 33 heavy (non-hydrogen) atoms. The first kappa shape index (κ1) is 22.2. The number of para-hydroxylation sites is 2. The Balaban J connectivity index is 1.52. The van der Waals surface area contributed by atoms with E-state index in [0.29, 0.717) is 16.7 Å². The van der Waals surface area contributed by atoms with Crippen LogP contribution in [0.5, 0.6) is 5.75 Å². The van der Waals surface area contributed by atoms with Gasteiger partial charge in [0.15, 0.2) is 15.6 Å². The highest BCUT2D eigenvalue weighted by molar-refractivity contribution is 7.89. The number of hydrogen-bond acceptors (Lipinski definition) is 6. The summed E-state index contributed by atoms with van der Waals surface area (Å²) in [6.07, 6.45) is 4.04. The summed E-state index contributed by atoms with van der Waals surface area (Å²) in [7, 11) is -3.23. The topological polar surface area (TPSA) is 90.6 Å². The van der Waals surface area contributed by atoms with Gasteiger partial charge in [-0.1, -0.05) is 48.5 Å². The van der Waals surface area contributed by atoms with E-state index in [1.54, 1.807) is 60.7 Å². The molecule has 0 spiro atoms. The minimum atomic E-state index is -3.23. The van der Waals surface area contributed by atoms with Crippen molar-refractivity contribution >= 4 is 38.6 Å². The van der Waals surface area contributed by atoms with Crippen LogP contribution in [0.1, 0.15) is 32.0 Å². The van der Waals surface area contributed by atoms with Crippen molar-refractivity contribution in [1.82, 2.24) is 0 Å². The molecule has 0 saturated carbocycles. The lowest BCUT2D eigenvalue weighted by Gasteiger charge is -2.08. The summed E-state index contributed by atoms with van der Waals surface area (Å²) in [6.45, 7) is 0. The van der Waals surface area contributed by atoms with E-state index in [0.717, 1.165) is 11.6 Å². The van der Waals surface area contributed by atoms with Crippen LogP contribution in [0, 0.1) is 0 Å². The Morgan fingerprint density at radius 1 is 0.939 bits per heavy atom. The van der Waals surface area contributed by atoms with Crippen molar-refractivity contribution < 1.29 is 27.2 Å². The lowest BCUT2D eigenvalue weighted by atomic mass is 10.1. The number of sulfone groups is 1. The Hall–Kier alpha value is -3.97. The number of rotatable bonds is 7. The molecule has 0 fully saturated rings. The molecule has 7 heteroatoms. The average molecular weight is 461 g/mol. The van der Waals surface area contributed by atoms with Gasteiger partial charge < -0.3 is 9.15 Å². The van der Waals surface area contributed by atoms with Gasteiger partial charge in [-0.3, -0.25) is 4.79 Å². The van der Waals surface area contributed by atoms with Crippen molar-refractivity contribution in [2.75, 3.05) is 6.26 Å². The fourth-order valence-corrected chi connectivity index (χ4v) is 4.10. The number of ketones is 1. The molecule has 3 aromatic carbocycles. The standard InChI is InChI=1S/C26H20O6S/c1-33(29,30)17-18-7-6-10-21(15-18)26(28)32-23-11-4-2-8-19(23)13-14-22(27)25-16-20-9-3-5-12-24(20)31-25/h2-16H,17H2,1H3. The number of hydrogen-bond donors (Lipinski definition) is 0. The number of fused-ring (bicyclic) bond motifs is 1. The van der Waals surface area contributed by atoms with E-state index in [2.05, 4.69) is 0 Å². The van der Waals surface area contributed by atoms with E-state index in [4.69, 9.17) is 9.15 Å². The highest BCUT2D eigenvalue weighted by Gasteiger charge is 2.14. The number of esters is 1. The molecule has 0 saturated heterocycles.